The van der Waals surface area contributed by atoms with E-state index >= 15 is 0 Å². The molecule has 0 heterocycles. The number of para-hydroxylation sites is 1. The van der Waals surface area contributed by atoms with Crippen molar-refractivity contribution < 1.29 is 14.3 Å². The van der Waals surface area contributed by atoms with E-state index in [4.69, 9.17) is 14.7 Å². The average Bonchev–Trinajstić information content (AvgIpc) is 2.54. The van der Waals surface area contributed by atoms with E-state index in [1.165, 1.54) is 0 Å². The van der Waals surface area contributed by atoms with Crippen LogP contribution in [-0.4, -0.2) is 12.6 Å². The standard InChI is InChI=1S/C17H13NO3/c1-2-11-20-15-9-7-13(8-10-15)17(19)21-16-6-4-3-5-14(16)12-18/h2-10H,1,11H2. The lowest BCUT2D eigenvalue weighted by Crippen LogP contribution is -2.09. The summed E-state index contributed by atoms with van der Waals surface area (Å²) in [7, 11) is 0. The summed E-state index contributed by atoms with van der Waals surface area (Å²) in [6.07, 6.45) is 1.64. The second-order valence-corrected chi connectivity index (χ2v) is 4.12. The van der Waals surface area contributed by atoms with Crippen molar-refractivity contribution >= 4 is 5.97 Å². The molecule has 0 aliphatic carbocycles. The minimum absolute atomic E-state index is 0.247. The molecule has 0 bridgehead atoms. The fraction of sp³-hybridized carbons (Fsp3) is 0.0588. The zero-order valence-electron chi connectivity index (χ0n) is 11.3. The number of hydrogen-bond donors (Lipinski definition) is 0. The van der Waals surface area contributed by atoms with Gasteiger partial charge in [0.05, 0.1) is 11.1 Å². The summed E-state index contributed by atoms with van der Waals surface area (Å²) >= 11 is 0. The second-order valence-electron chi connectivity index (χ2n) is 4.12. The molecular formula is C17H13NO3. The summed E-state index contributed by atoms with van der Waals surface area (Å²) in [6.45, 7) is 3.96. The lowest BCUT2D eigenvalue weighted by Gasteiger charge is -2.07. The highest BCUT2D eigenvalue weighted by Crippen LogP contribution is 2.19. The van der Waals surface area contributed by atoms with Gasteiger partial charge in [0.15, 0.2) is 0 Å². The molecule has 0 unspecified atom stereocenters. The zero-order chi connectivity index (χ0) is 15.1. The number of carbonyl (C=O) groups excluding carboxylic acids is 1. The Labute approximate surface area is 122 Å². The largest absolute Gasteiger partial charge is 0.490 e. The SMILES string of the molecule is C=CCOc1ccc(C(=O)Oc2ccccc2C#N)cc1. The van der Waals surface area contributed by atoms with Crippen molar-refractivity contribution in [2.75, 3.05) is 6.61 Å². The molecule has 2 aromatic rings. The summed E-state index contributed by atoms with van der Waals surface area (Å²) in [5.41, 5.74) is 0.700. The molecule has 0 fully saturated rings. The molecule has 0 saturated carbocycles. The third kappa shape index (κ3) is 3.71. The van der Waals surface area contributed by atoms with Crippen LogP contribution in [0.5, 0.6) is 11.5 Å². The van der Waals surface area contributed by atoms with Gasteiger partial charge in [-0.25, -0.2) is 4.79 Å². The lowest BCUT2D eigenvalue weighted by atomic mass is 10.2. The van der Waals surface area contributed by atoms with Crippen LogP contribution in [0.1, 0.15) is 15.9 Å². The van der Waals surface area contributed by atoms with Crippen LogP contribution in [0.3, 0.4) is 0 Å². The molecule has 104 valence electrons. The first-order chi connectivity index (χ1) is 10.2. The number of carbonyl (C=O) groups is 1. The Morgan fingerprint density at radius 1 is 1.19 bits per heavy atom. The number of nitriles is 1. The van der Waals surface area contributed by atoms with Gasteiger partial charge in [-0.2, -0.15) is 5.26 Å². The molecule has 0 atom stereocenters. The highest BCUT2D eigenvalue weighted by Gasteiger charge is 2.11. The Kier molecular flexibility index (Phi) is 4.73. The molecule has 0 amide bonds. The lowest BCUT2D eigenvalue weighted by molar-refractivity contribution is 0.0734. The molecule has 4 nitrogen and oxygen atoms in total. The molecular weight excluding hydrogens is 266 g/mol. The van der Waals surface area contributed by atoms with E-state index < -0.39 is 5.97 Å². The van der Waals surface area contributed by atoms with Crippen LogP contribution in [0.15, 0.2) is 61.2 Å². The topological polar surface area (TPSA) is 59.3 Å². The van der Waals surface area contributed by atoms with Crippen molar-refractivity contribution in [2.24, 2.45) is 0 Å². The quantitative estimate of drug-likeness (QED) is 0.478. The van der Waals surface area contributed by atoms with Crippen LogP contribution in [0.2, 0.25) is 0 Å². The molecule has 0 saturated heterocycles. The molecule has 0 aliphatic rings. The van der Waals surface area contributed by atoms with E-state index in [2.05, 4.69) is 6.58 Å². The highest BCUT2D eigenvalue weighted by atomic mass is 16.5. The Morgan fingerprint density at radius 2 is 1.90 bits per heavy atom. The molecule has 0 aromatic heterocycles. The van der Waals surface area contributed by atoms with Crippen LogP contribution in [0.4, 0.5) is 0 Å². The smallest absolute Gasteiger partial charge is 0.343 e. The summed E-state index contributed by atoms with van der Waals surface area (Å²) in [4.78, 5) is 12.0. The maximum absolute atomic E-state index is 12.0. The van der Waals surface area contributed by atoms with Gasteiger partial charge in [-0.15, -0.1) is 0 Å². The van der Waals surface area contributed by atoms with E-state index in [1.807, 2.05) is 6.07 Å². The van der Waals surface area contributed by atoms with Gasteiger partial charge in [0.1, 0.15) is 24.2 Å². The highest BCUT2D eigenvalue weighted by molar-refractivity contribution is 5.91. The predicted octanol–water partition coefficient (Wildman–Crippen LogP) is 3.34. The first-order valence-electron chi connectivity index (χ1n) is 6.29. The number of esters is 1. The fourth-order valence-corrected chi connectivity index (χ4v) is 1.65. The van der Waals surface area contributed by atoms with E-state index in [9.17, 15) is 4.79 Å². The third-order valence-electron chi connectivity index (χ3n) is 2.67. The van der Waals surface area contributed by atoms with Crippen molar-refractivity contribution in [1.29, 1.82) is 5.26 Å². The van der Waals surface area contributed by atoms with E-state index in [1.54, 1.807) is 54.6 Å². The third-order valence-corrected chi connectivity index (χ3v) is 2.67. The Hall–Kier alpha value is -3.06. The van der Waals surface area contributed by atoms with Crippen molar-refractivity contribution in [3.05, 3.63) is 72.3 Å². The molecule has 2 aromatic carbocycles. The van der Waals surface area contributed by atoms with E-state index in [0.717, 1.165) is 0 Å². The van der Waals surface area contributed by atoms with E-state index in [-0.39, 0.29) is 5.75 Å². The van der Waals surface area contributed by atoms with Crippen LogP contribution in [0, 0.1) is 11.3 Å². The molecule has 2 rings (SSSR count). The number of nitrogens with zero attached hydrogens (tertiary/aromatic N) is 1. The Balaban J connectivity index is 2.10. The van der Waals surface area contributed by atoms with Crippen LogP contribution < -0.4 is 9.47 Å². The molecule has 0 radical (unpaired) electrons. The minimum Gasteiger partial charge on any atom is -0.490 e. The average molecular weight is 279 g/mol. The normalized spacial score (nSPS) is 9.48. The molecule has 0 aliphatic heterocycles. The Bertz CT molecular complexity index is 684. The first-order valence-corrected chi connectivity index (χ1v) is 6.29. The van der Waals surface area contributed by atoms with Crippen molar-refractivity contribution in [3.63, 3.8) is 0 Å². The van der Waals surface area contributed by atoms with Gasteiger partial charge in [0.25, 0.3) is 0 Å². The van der Waals surface area contributed by atoms with Crippen molar-refractivity contribution in [1.82, 2.24) is 0 Å². The van der Waals surface area contributed by atoms with Crippen molar-refractivity contribution in [3.8, 4) is 17.6 Å². The van der Waals surface area contributed by atoms with Gasteiger partial charge in [-0.05, 0) is 36.4 Å². The fourth-order valence-electron chi connectivity index (χ4n) is 1.65. The second kappa shape index (κ2) is 6.92. The monoisotopic (exact) mass is 279 g/mol. The molecule has 0 N–H and O–H groups in total. The van der Waals surface area contributed by atoms with Gasteiger partial charge >= 0.3 is 5.97 Å². The van der Waals surface area contributed by atoms with Crippen LogP contribution in [0.25, 0.3) is 0 Å². The summed E-state index contributed by atoms with van der Waals surface area (Å²) in [5, 5.41) is 8.95. The number of hydrogen-bond acceptors (Lipinski definition) is 4. The van der Waals surface area contributed by atoms with E-state index in [0.29, 0.717) is 23.5 Å². The van der Waals surface area contributed by atoms with Gasteiger partial charge < -0.3 is 9.47 Å². The number of ether oxygens (including phenoxy) is 2. The summed E-state index contributed by atoms with van der Waals surface area (Å²) < 4.78 is 10.6. The van der Waals surface area contributed by atoms with Gasteiger partial charge in [-0.1, -0.05) is 24.8 Å². The van der Waals surface area contributed by atoms with Gasteiger partial charge in [0, 0.05) is 0 Å². The predicted molar refractivity (Wildman–Crippen MR) is 78.2 cm³/mol. The van der Waals surface area contributed by atoms with Crippen molar-refractivity contribution in [2.45, 2.75) is 0 Å². The maximum atomic E-state index is 12.0. The zero-order valence-corrected chi connectivity index (χ0v) is 11.3. The maximum Gasteiger partial charge on any atom is 0.343 e. The van der Waals surface area contributed by atoms with Gasteiger partial charge in [0.2, 0.25) is 0 Å². The van der Waals surface area contributed by atoms with Crippen LogP contribution >= 0.6 is 0 Å². The number of benzene rings is 2. The Morgan fingerprint density at radius 3 is 2.57 bits per heavy atom. The number of rotatable bonds is 5. The molecule has 4 heteroatoms. The van der Waals surface area contributed by atoms with Gasteiger partial charge in [-0.3, -0.25) is 0 Å². The summed E-state index contributed by atoms with van der Waals surface area (Å²) in [6, 6.07) is 15.1. The van der Waals surface area contributed by atoms with Crippen LogP contribution in [-0.2, 0) is 0 Å². The minimum atomic E-state index is -0.520. The first kappa shape index (κ1) is 14.4. The summed E-state index contributed by atoms with van der Waals surface area (Å²) in [5.74, 6) is 0.369. The molecule has 0 spiro atoms. The molecule has 21 heavy (non-hydrogen) atoms.